The van der Waals surface area contributed by atoms with Crippen LogP contribution in [-0.4, -0.2) is 45.7 Å². The molecule has 1 atom stereocenters. The standard InChI is InChI=1S/C12H20N4O2S/c1-9(2)16-8-14-15-12(16)19-7-11(17)13-6-10-4-3-5-18-10/h8-10H,3-7H2,1-2H3,(H,13,17). The van der Waals surface area contributed by atoms with Crippen molar-refractivity contribution in [1.29, 1.82) is 0 Å². The highest BCUT2D eigenvalue weighted by atomic mass is 32.2. The van der Waals surface area contributed by atoms with E-state index in [4.69, 9.17) is 4.74 Å². The number of nitrogens with zero attached hydrogens (tertiary/aromatic N) is 3. The molecule has 1 aliphatic rings. The lowest BCUT2D eigenvalue weighted by Gasteiger charge is -2.11. The van der Waals surface area contributed by atoms with E-state index < -0.39 is 0 Å². The van der Waals surface area contributed by atoms with Crippen LogP contribution in [0.2, 0.25) is 0 Å². The zero-order valence-corrected chi connectivity index (χ0v) is 12.2. The maximum atomic E-state index is 11.7. The fourth-order valence-corrected chi connectivity index (χ4v) is 2.78. The van der Waals surface area contributed by atoms with Gasteiger partial charge in [0.15, 0.2) is 5.16 Å². The van der Waals surface area contributed by atoms with Gasteiger partial charge in [0.1, 0.15) is 6.33 Å². The van der Waals surface area contributed by atoms with Crippen LogP contribution in [0.3, 0.4) is 0 Å². The summed E-state index contributed by atoms with van der Waals surface area (Å²) in [5.74, 6) is 0.372. The molecule has 0 radical (unpaired) electrons. The topological polar surface area (TPSA) is 69.0 Å². The van der Waals surface area contributed by atoms with Gasteiger partial charge in [0.25, 0.3) is 0 Å². The largest absolute Gasteiger partial charge is 0.376 e. The van der Waals surface area contributed by atoms with Crippen molar-refractivity contribution in [2.75, 3.05) is 18.9 Å². The Balaban J connectivity index is 1.72. The van der Waals surface area contributed by atoms with Crippen molar-refractivity contribution in [1.82, 2.24) is 20.1 Å². The van der Waals surface area contributed by atoms with Crippen molar-refractivity contribution in [2.24, 2.45) is 0 Å². The molecular weight excluding hydrogens is 264 g/mol. The molecule has 6 nitrogen and oxygen atoms in total. The molecule has 1 aliphatic heterocycles. The van der Waals surface area contributed by atoms with Crippen LogP contribution < -0.4 is 5.32 Å². The number of hydrogen-bond donors (Lipinski definition) is 1. The monoisotopic (exact) mass is 284 g/mol. The van der Waals surface area contributed by atoms with Crippen LogP contribution in [-0.2, 0) is 9.53 Å². The molecule has 2 heterocycles. The minimum atomic E-state index is 0.0128. The molecule has 1 saturated heterocycles. The number of carbonyl (C=O) groups excluding carboxylic acids is 1. The van der Waals surface area contributed by atoms with Crippen molar-refractivity contribution >= 4 is 17.7 Å². The summed E-state index contributed by atoms with van der Waals surface area (Å²) in [6, 6.07) is 0.299. The summed E-state index contributed by atoms with van der Waals surface area (Å²) in [5.41, 5.74) is 0. The Morgan fingerprint density at radius 2 is 2.53 bits per heavy atom. The Kier molecular flexibility index (Phi) is 5.21. The van der Waals surface area contributed by atoms with Crippen LogP contribution in [0.1, 0.15) is 32.7 Å². The normalized spacial score (nSPS) is 19.0. The van der Waals surface area contributed by atoms with E-state index in [9.17, 15) is 4.79 Å². The number of hydrogen-bond acceptors (Lipinski definition) is 5. The van der Waals surface area contributed by atoms with E-state index in [1.165, 1.54) is 11.8 Å². The molecule has 0 aromatic carbocycles. The van der Waals surface area contributed by atoms with E-state index >= 15 is 0 Å². The summed E-state index contributed by atoms with van der Waals surface area (Å²) in [7, 11) is 0. The van der Waals surface area contributed by atoms with Crippen LogP contribution in [0, 0.1) is 0 Å². The van der Waals surface area contributed by atoms with Gasteiger partial charge in [-0.1, -0.05) is 11.8 Å². The summed E-state index contributed by atoms with van der Waals surface area (Å²) in [6.45, 7) is 5.54. The first-order valence-corrected chi connectivity index (χ1v) is 7.56. The minimum absolute atomic E-state index is 0.0128. The fourth-order valence-electron chi connectivity index (χ4n) is 1.90. The van der Waals surface area contributed by atoms with Gasteiger partial charge in [0, 0.05) is 19.2 Å². The molecule has 1 unspecified atom stereocenters. The predicted molar refractivity (Wildman–Crippen MR) is 73.1 cm³/mol. The highest BCUT2D eigenvalue weighted by molar-refractivity contribution is 7.99. The highest BCUT2D eigenvalue weighted by Crippen LogP contribution is 2.18. The number of amides is 1. The number of ether oxygens (including phenoxy) is 1. The Labute approximate surface area is 117 Å². The average molecular weight is 284 g/mol. The second-order valence-electron chi connectivity index (χ2n) is 4.84. The van der Waals surface area contributed by atoms with Crippen molar-refractivity contribution in [3.05, 3.63) is 6.33 Å². The van der Waals surface area contributed by atoms with E-state index in [1.807, 2.05) is 4.57 Å². The zero-order valence-electron chi connectivity index (χ0n) is 11.3. The molecule has 0 bridgehead atoms. The third-order valence-electron chi connectivity index (χ3n) is 2.98. The molecule has 19 heavy (non-hydrogen) atoms. The lowest BCUT2D eigenvalue weighted by Crippen LogP contribution is -2.32. The van der Waals surface area contributed by atoms with Crippen LogP contribution >= 0.6 is 11.8 Å². The first kappa shape index (κ1) is 14.3. The fraction of sp³-hybridized carbons (Fsp3) is 0.750. The predicted octanol–water partition coefficient (Wildman–Crippen LogP) is 1.25. The molecule has 1 aromatic rings. The van der Waals surface area contributed by atoms with Gasteiger partial charge in [-0.25, -0.2) is 0 Å². The van der Waals surface area contributed by atoms with Gasteiger partial charge in [-0.15, -0.1) is 10.2 Å². The summed E-state index contributed by atoms with van der Waals surface area (Å²) in [5, 5.41) is 11.6. The lowest BCUT2D eigenvalue weighted by atomic mass is 10.2. The van der Waals surface area contributed by atoms with Crippen molar-refractivity contribution < 1.29 is 9.53 Å². The minimum Gasteiger partial charge on any atom is -0.376 e. The Hall–Kier alpha value is -1.08. The highest BCUT2D eigenvalue weighted by Gasteiger charge is 2.16. The van der Waals surface area contributed by atoms with Gasteiger partial charge in [-0.05, 0) is 26.7 Å². The number of rotatable bonds is 6. The number of thioether (sulfide) groups is 1. The SMILES string of the molecule is CC(C)n1cnnc1SCC(=O)NCC1CCCO1. The Bertz CT molecular complexity index is 416. The molecule has 1 amide bonds. The zero-order chi connectivity index (χ0) is 13.7. The molecular formula is C12H20N4O2S. The molecule has 1 aromatic heterocycles. The van der Waals surface area contributed by atoms with Gasteiger partial charge >= 0.3 is 0 Å². The molecule has 0 saturated carbocycles. The lowest BCUT2D eigenvalue weighted by molar-refractivity contribution is -0.119. The Morgan fingerprint density at radius 3 is 3.21 bits per heavy atom. The molecule has 7 heteroatoms. The summed E-state index contributed by atoms with van der Waals surface area (Å²) >= 11 is 1.41. The quantitative estimate of drug-likeness (QED) is 0.796. The van der Waals surface area contributed by atoms with Gasteiger partial charge in [0.2, 0.25) is 5.91 Å². The van der Waals surface area contributed by atoms with Crippen LogP contribution in [0.15, 0.2) is 11.5 Å². The van der Waals surface area contributed by atoms with Crippen LogP contribution in [0.5, 0.6) is 0 Å². The third-order valence-corrected chi connectivity index (χ3v) is 3.94. The smallest absolute Gasteiger partial charge is 0.230 e. The second-order valence-corrected chi connectivity index (χ2v) is 5.78. The van der Waals surface area contributed by atoms with Gasteiger partial charge < -0.3 is 14.6 Å². The number of nitrogens with one attached hydrogen (secondary N) is 1. The number of carbonyl (C=O) groups is 1. The maximum absolute atomic E-state index is 11.7. The van der Waals surface area contributed by atoms with Gasteiger partial charge in [-0.3, -0.25) is 4.79 Å². The molecule has 1 N–H and O–H groups in total. The molecule has 0 aliphatic carbocycles. The molecule has 106 valence electrons. The average Bonchev–Trinajstić information content (AvgIpc) is 3.04. The van der Waals surface area contributed by atoms with Crippen LogP contribution in [0.4, 0.5) is 0 Å². The summed E-state index contributed by atoms with van der Waals surface area (Å²) in [6.07, 6.45) is 4.01. The first-order valence-electron chi connectivity index (χ1n) is 6.57. The molecule has 0 spiro atoms. The van der Waals surface area contributed by atoms with Crippen molar-refractivity contribution in [3.63, 3.8) is 0 Å². The summed E-state index contributed by atoms with van der Waals surface area (Å²) < 4.78 is 7.41. The van der Waals surface area contributed by atoms with Crippen molar-refractivity contribution in [2.45, 2.75) is 44.0 Å². The van der Waals surface area contributed by atoms with E-state index in [2.05, 4.69) is 29.4 Å². The molecule has 1 fully saturated rings. The van der Waals surface area contributed by atoms with Crippen LogP contribution in [0.25, 0.3) is 0 Å². The van der Waals surface area contributed by atoms with Gasteiger partial charge in [-0.2, -0.15) is 0 Å². The third kappa shape index (κ3) is 4.21. The van der Waals surface area contributed by atoms with Crippen molar-refractivity contribution in [3.8, 4) is 0 Å². The Morgan fingerprint density at radius 1 is 1.68 bits per heavy atom. The number of aromatic nitrogens is 3. The maximum Gasteiger partial charge on any atom is 0.230 e. The van der Waals surface area contributed by atoms with E-state index in [0.717, 1.165) is 24.6 Å². The second kappa shape index (κ2) is 6.91. The first-order chi connectivity index (χ1) is 9.16. The van der Waals surface area contributed by atoms with E-state index in [0.29, 0.717) is 18.3 Å². The van der Waals surface area contributed by atoms with E-state index in [1.54, 1.807) is 6.33 Å². The molecule has 2 rings (SSSR count). The summed E-state index contributed by atoms with van der Waals surface area (Å²) in [4.78, 5) is 11.7. The van der Waals surface area contributed by atoms with Gasteiger partial charge in [0.05, 0.1) is 11.9 Å². The van der Waals surface area contributed by atoms with E-state index in [-0.39, 0.29) is 12.0 Å².